The van der Waals surface area contributed by atoms with Crippen molar-refractivity contribution in [3.8, 4) is 11.5 Å². The van der Waals surface area contributed by atoms with E-state index in [0.29, 0.717) is 31.7 Å². The summed E-state index contributed by atoms with van der Waals surface area (Å²) < 4.78 is 39.3. The summed E-state index contributed by atoms with van der Waals surface area (Å²) in [6, 6.07) is 12.4. The molecule has 0 aliphatic carbocycles. The number of amides is 2. The summed E-state index contributed by atoms with van der Waals surface area (Å²) in [5, 5.41) is 0. The Morgan fingerprint density at radius 3 is 2.27 bits per heavy atom. The van der Waals surface area contributed by atoms with Crippen molar-refractivity contribution in [3.63, 3.8) is 0 Å². The molecule has 10 heteroatoms. The van der Waals surface area contributed by atoms with E-state index in [0.717, 1.165) is 5.56 Å². The number of carbonyl (C=O) groups excluding carboxylic acids is 2. The van der Waals surface area contributed by atoms with Gasteiger partial charge in [0.15, 0.2) is 11.5 Å². The molecule has 2 amide bonds. The number of nitrogens with two attached hydrogens (primary N) is 1. The molecule has 1 aliphatic rings. The van der Waals surface area contributed by atoms with Crippen LogP contribution in [0, 0.1) is 5.92 Å². The molecule has 1 fully saturated rings. The fourth-order valence-electron chi connectivity index (χ4n) is 3.87. The average molecular weight is 476 g/mol. The van der Waals surface area contributed by atoms with Crippen LogP contribution in [0.1, 0.15) is 18.4 Å². The minimum Gasteiger partial charge on any atom is -0.493 e. The number of carbonyl (C=O) groups is 2. The Labute approximate surface area is 193 Å². The maximum atomic E-state index is 13.3. The first-order valence-corrected chi connectivity index (χ1v) is 12.1. The molecular weight excluding hydrogens is 446 g/mol. The summed E-state index contributed by atoms with van der Waals surface area (Å²) in [6.07, 6.45) is 1.10. The molecule has 0 unspecified atom stereocenters. The standard InChI is InChI=1S/C23H29N3O6S/c1-31-20-9-8-18(15-21(20)32-2)33(29,30)25-19(14-16-6-4-3-5-7-16)23(28)26-12-10-17(11-13-26)22(24)27/h3-9,15,17,19,25H,10-14H2,1-2H3,(H2,24,27)/t19-/m0/s1. The predicted molar refractivity (Wildman–Crippen MR) is 122 cm³/mol. The van der Waals surface area contributed by atoms with Gasteiger partial charge in [0.1, 0.15) is 6.04 Å². The van der Waals surface area contributed by atoms with Crippen LogP contribution in [-0.2, 0) is 26.0 Å². The van der Waals surface area contributed by atoms with Crippen LogP contribution in [0.3, 0.4) is 0 Å². The lowest BCUT2D eigenvalue weighted by molar-refractivity contribution is -0.136. The van der Waals surface area contributed by atoms with Crippen molar-refractivity contribution in [3.05, 3.63) is 54.1 Å². The van der Waals surface area contributed by atoms with E-state index in [4.69, 9.17) is 15.2 Å². The third-order valence-electron chi connectivity index (χ3n) is 5.75. The average Bonchev–Trinajstić information content (AvgIpc) is 2.83. The molecule has 1 aliphatic heterocycles. The Morgan fingerprint density at radius 2 is 1.70 bits per heavy atom. The van der Waals surface area contributed by atoms with E-state index in [9.17, 15) is 18.0 Å². The van der Waals surface area contributed by atoms with E-state index in [2.05, 4.69) is 4.72 Å². The van der Waals surface area contributed by atoms with Crippen molar-refractivity contribution in [1.82, 2.24) is 9.62 Å². The molecular formula is C23H29N3O6S. The Morgan fingerprint density at radius 1 is 1.06 bits per heavy atom. The highest BCUT2D eigenvalue weighted by Crippen LogP contribution is 2.29. The van der Waals surface area contributed by atoms with E-state index in [1.807, 2.05) is 30.3 Å². The van der Waals surface area contributed by atoms with Gasteiger partial charge >= 0.3 is 0 Å². The Kier molecular flexibility index (Phi) is 7.93. The SMILES string of the molecule is COc1ccc(S(=O)(=O)N[C@@H](Cc2ccccc2)C(=O)N2CCC(C(N)=O)CC2)cc1OC. The summed E-state index contributed by atoms with van der Waals surface area (Å²) in [5.41, 5.74) is 6.21. The first kappa shape index (κ1) is 24.5. The first-order valence-electron chi connectivity index (χ1n) is 10.6. The summed E-state index contributed by atoms with van der Waals surface area (Å²) in [5.74, 6) is -0.335. The van der Waals surface area contributed by atoms with Gasteiger partial charge in [-0.25, -0.2) is 8.42 Å². The lowest BCUT2D eigenvalue weighted by Crippen LogP contribution is -2.52. The van der Waals surface area contributed by atoms with Crippen molar-refractivity contribution in [2.75, 3.05) is 27.3 Å². The van der Waals surface area contributed by atoms with Gasteiger partial charge in [0, 0.05) is 25.1 Å². The molecule has 2 aromatic rings. The van der Waals surface area contributed by atoms with Crippen LogP contribution in [0.15, 0.2) is 53.4 Å². The number of piperidine rings is 1. The lowest BCUT2D eigenvalue weighted by Gasteiger charge is -2.33. The van der Waals surface area contributed by atoms with Crippen molar-refractivity contribution >= 4 is 21.8 Å². The van der Waals surface area contributed by atoms with Gasteiger partial charge in [0.25, 0.3) is 0 Å². The van der Waals surface area contributed by atoms with Crippen molar-refractivity contribution in [1.29, 1.82) is 0 Å². The summed E-state index contributed by atoms with van der Waals surface area (Å²) in [7, 11) is -1.18. The molecule has 9 nitrogen and oxygen atoms in total. The molecule has 3 rings (SSSR count). The summed E-state index contributed by atoms with van der Waals surface area (Å²) in [6.45, 7) is 0.686. The maximum absolute atomic E-state index is 13.3. The van der Waals surface area contributed by atoms with Gasteiger partial charge in [0.05, 0.1) is 19.1 Å². The van der Waals surface area contributed by atoms with Gasteiger partial charge < -0.3 is 20.1 Å². The number of ether oxygens (including phenoxy) is 2. The second-order valence-electron chi connectivity index (χ2n) is 7.88. The number of benzene rings is 2. The van der Waals surface area contributed by atoms with Crippen LogP contribution in [0.4, 0.5) is 0 Å². The molecule has 0 radical (unpaired) electrons. The van der Waals surface area contributed by atoms with Crippen LogP contribution in [0.5, 0.6) is 11.5 Å². The molecule has 1 saturated heterocycles. The normalized spacial score (nSPS) is 15.6. The number of hydrogen-bond donors (Lipinski definition) is 2. The number of nitrogens with one attached hydrogen (secondary N) is 1. The van der Waals surface area contributed by atoms with E-state index >= 15 is 0 Å². The van der Waals surface area contributed by atoms with Gasteiger partial charge in [-0.3, -0.25) is 9.59 Å². The molecule has 1 heterocycles. The van der Waals surface area contributed by atoms with Gasteiger partial charge in [0.2, 0.25) is 21.8 Å². The van der Waals surface area contributed by atoms with E-state index in [1.165, 1.54) is 32.4 Å². The molecule has 0 bridgehead atoms. The van der Waals surface area contributed by atoms with Gasteiger partial charge in [-0.1, -0.05) is 30.3 Å². The second-order valence-corrected chi connectivity index (χ2v) is 9.60. The van der Waals surface area contributed by atoms with Crippen molar-refractivity contribution in [2.45, 2.75) is 30.2 Å². The molecule has 0 aromatic heterocycles. The monoisotopic (exact) mass is 475 g/mol. The lowest BCUT2D eigenvalue weighted by atomic mass is 9.95. The minimum absolute atomic E-state index is 0.0431. The number of methoxy groups -OCH3 is 2. The first-order chi connectivity index (χ1) is 15.7. The number of nitrogens with zero attached hydrogens (tertiary/aromatic N) is 1. The van der Waals surface area contributed by atoms with Crippen LogP contribution in [0.25, 0.3) is 0 Å². The quantitative estimate of drug-likeness (QED) is 0.563. The zero-order valence-corrected chi connectivity index (χ0v) is 19.5. The molecule has 0 spiro atoms. The highest BCUT2D eigenvalue weighted by molar-refractivity contribution is 7.89. The van der Waals surface area contributed by atoms with Crippen LogP contribution < -0.4 is 19.9 Å². The zero-order chi connectivity index (χ0) is 24.0. The molecule has 1 atom stereocenters. The zero-order valence-electron chi connectivity index (χ0n) is 18.7. The molecule has 0 saturated carbocycles. The topological polar surface area (TPSA) is 128 Å². The van der Waals surface area contributed by atoms with Crippen molar-refractivity contribution < 1.29 is 27.5 Å². The molecule has 178 valence electrons. The third kappa shape index (κ3) is 6.02. The van der Waals surface area contributed by atoms with Crippen LogP contribution >= 0.6 is 0 Å². The van der Waals surface area contributed by atoms with Crippen LogP contribution in [-0.4, -0.2) is 58.5 Å². The second kappa shape index (κ2) is 10.7. The Hall–Kier alpha value is -3.11. The predicted octanol–water partition coefficient (Wildman–Crippen LogP) is 1.32. The Bertz CT molecular complexity index is 1080. The van der Waals surface area contributed by atoms with E-state index in [-0.39, 0.29) is 34.8 Å². The van der Waals surface area contributed by atoms with Crippen molar-refractivity contribution in [2.24, 2.45) is 11.7 Å². The van der Waals surface area contributed by atoms with Crippen LogP contribution in [0.2, 0.25) is 0 Å². The number of primary amides is 1. The smallest absolute Gasteiger partial charge is 0.241 e. The number of sulfonamides is 1. The number of hydrogen-bond acceptors (Lipinski definition) is 6. The highest BCUT2D eigenvalue weighted by Gasteiger charge is 2.33. The van der Waals surface area contributed by atoms with E-state index < -0.39 is 16.1 Å². The number of likely N-dealkylation sites (tertiary alicyclic amines) is 1. The van der Waals surface area contributed by atoms with Gasteiger partial charge in [-0.05, 0) is 37.0 Å². The van der Waals surface area contributed by atoms with E-state index in [1.54, 1.807) is 4.90 Å². The highest BCUT2D eigenvalue weighted by atomic mass is 32.2. The largest absolute Gasteiger partial charge is 0.493 e. The minimum atomic E-state index is -4.05. The molecule has 3 N–H and O–H groups in total. The fraction of sp³-hybridized carbons (Fsp3) is 0.391. The third-order valence-corrected chi connectivity index (χ3v) is 7.22. The molecule has 33 heavy (non-hydrogen) atoms. The fourth-order valence-corrected chi connectivity index (χ4v) is 5.08. The van der Waals surface area contributed by atoms with Gasteiger partial charge in [-0.15, -0.1) is 0 Å². The number of rotatable bonds is 9. The van der Waals surface area contributed by atoms with Gasteiger partial charge in [-0.2, -0.15) is 4.72 Å². The Balaban J connectivity index is 1.85. The maximum Gasteiger partial charge on any atom is 0.241 e. The molecule has 2 aromatic carbocycles. The summed E-state index contributed by atoms with van der Waals surface area (Å²) in [4.78, 5) is 26.4. The summed E-state index contributed by atoms with van der Waals surface area (Å²) >= 11 is 0.